The Morgan fingerprint density at radius 1 is 1.77 bits per heavy atom. The van der Waals surface area contributed by atoms with Gasteiger partial charge in [0.15, 0.2) is 0 Å². The summed E-state index contributed by atoms with van der Waals surface area (Å²) < 4.78 is 23.4. The maximum Gasteiger partial charge on any atom is 0.315 e. The molecule has 1 rings (SSSR count). The third kappa shape index (κ3) is 2.39. The largest absolute Gasteiger partial charge is 0.384 e. The number of aromatic nitrogens is 2. The smallest absolute Gasteiger partial charge is 0.315 e. The number of nitrogens with one attached hydrogen (secondary N) is 2. The van der Waals surface area contributed by atoms with Crippen LogP contribution >= 0.6 is 0 Å². The fourth-order valence-electron chi connectivity index (χ4n) is 0.721. The Morgan fingerprint density at radius 2 is 2.46 bits per heavy atom. The van der Waals surface area contributed by atoms with Gasteiger partial charge in [-0.05, 0) is 0 Å². The van der Waals surface area contributed by atoms with E-state index in [-0.39, 0.29) is 12.4 Å². The minimum atomic E-state index is -3.01. The number of nitrogens with zero attached hydrogens (tertiary/aromatic N) is 1. The Bertz CT molecular complexity index is 299. The van der Waals surface area contributed by atoms with Crippen LogP contribution in [-0.2, 0) is 11.3 Å². The molecule has 1 aromatic heterocycles. The van der Waals surface area contributed by atoms with Crippen LogP contribution in [-0.4, -0.2) is 22.5 Å². The molecule has 0 aliphatic rings. The van der Waals surface area contributed by atoms with Crippen LogP contribution in [0.25, 0.3) is 0 Å². The monoisotopic (exact) mass is 190 g/mol. The Morgan fingerprint density at radius 3 is 2.92 bits per heavy atom. The number of anilines is 1. The van der Waals surface area contributed by atoms with Crippen molar-refractivity contribution in [3.05, 3.63) is 11.8 Å². The van der Waals surface area contributed by atoms with Crippen LogP contribution in [0.5, 0.6) is 0 Å². The lowest BCUT2D eigenvalue weighted by Crippen LogP contribution is -2.29. The number of aromatic amines is 1. The van der Waals surface area contributed by atoms with Gasteiger partial charge in [0.1, 0.15) is 5.82 Å². The van der Waals surface area contributed by atoms with Crippen LogP contribution in [0.15, 0.2) is 6.20 Å². The van der Waals surface area contributed by atoms with Crippen LogP contribution in [0.4, 0.5) is 14.6 Å². The first-order valence-corrected chi connectivity index (χ1v) is 3.45. The lowest BCUT2D eigenvalue weighted by molar-refractivity contribution is -0.131. The SMILES string of the molecule is Nc1[nH]ncc1CNC(=O)C(F)F. The highest BCUT2D eigenvalue weighted by Gasteiger charge is 2.14. The first-order valence-electron chi connectivity index (χ1n) is 3.45. The third-order valence-corrected chi connectivity index (χ3v) is 1.40. The summed E-state index contributed by atoms with van der Waals surface area (Å²) in [6, 6.07) is 0. The van der Waals surface area contributed by atoms with Crippen LogP contribution in [0.2, 0.25) is 0 Å². The van der Waals surface area contributed by atoms with Crippen molar-refractivity contribution in [2.75, 3.05) is 5.73 Å². The summed E-state index contributed by atoms with van der Waals surface area (Å²) >= 11 is 0. The number of H-pyrrole nitrogens is 1. The van der Waals surface area contributed by atoms with Gasteiger partial charge in [-0.25, -0.2) is 0 Å². The minimum absolute atomic E-state index is 0.0501. The van der Waals surface area contributed by atoms with E-state index in [4.69, 9.17) is 5.73 Å². The molecule has 1 heterocycles. The quantitative estimate of drug-likeness (QED) is 0.620. The van der Waals surface area contributed by atoms with Gasteiger partial charge < -0.3 is 11.1 Å². The Balaban J connectivity index is 2.44. The number of hydrogen-bond donors (Lipinski definition) is 3. The molecule has 1 aromatic rings. The standard InChI is InChI=1S/C6H8F2N4O/c7-4(8)6(13)10-1-3-2-11-12-5(3)9/h2,4H,1H2,(H,10,13)(H3,9,11,12). The first kappa shape index (κ1) is 9.43. The van der Waals surface area contributed by atoms with Crippen molar-refractivity contribution in [2.24, 2.45) is 0 Å². The molecule has 0 saturated heterocycles. The molecule has 5 nitrogen and oxygen atoms in total. The van der Waals surface area contributed by atoms with Crippen molar-refractivity contribution < 1.29 is 13.6 Å². The summed E-state index contributed by atoms with van der Waals surface area (Å²) in [7, 11) is 0. The second-order valence-electron chi connectivity index (χ2n) is 2.33. The molecule has 0 fully saturated rings. The van der Waals surface area contributed by atoms with Crippen LogP contribution in [0, 0.1) is 0 Å². The van der Waals surface area contributed by atoms with E-state index in [1.54, 1.807) is 0 Å². The van der Waals surface area contributed by atoms with E-state index < -0.39 is 12.3 Å². The predicted molar refractivity (Wildman–Crippen MR) is 40.9 cm³/mol. The first-order chi connectivity index (χ1) is 6.11. The van der Waals surface area contributed by atoms with Gasteiger partial charge in [-0.1, -0.05) is 0 Å². The summed E-state index contributed by atoms with van der Waals surface area (Å²) in [5.74, 6) is -1.06. The fraction of sp³-hybridized carbons (Fsp3) is 0.333. The number of hydrogen-bond acceptors (Lipinski definition) is 3. The zero-order valence-corrected chi connectivity index (χ0v) is 6.55. The molecule has 0 aliphatic carbocycles. The molecule has 7 heteroatoms. The lowest BCUT2D eigenvalue weighted by atomic mass is 10.3. The summed E-state index contributed by atoms with van der Waals surface area (Å²) in [5.41, 5.74) is 5.83. The highest BCUT2D eigenvalue weighted by atomic mass is 19.3. The van der Waals surface area contributed by atoms with Crippen molar-refractivity contribution in [1.29, 1.82) is 0 Å². The number of nitrogen functional groups attached to an aromatic ring is 1. The molecule has 0 bridgehead atoms. The molecular formula is C6H8F2N4O. The molecule has 72 valence electrons. The highest BCUT2D eigenvalue weighted by molar-refractivity contribution is 5.79. The summed E-state index contributed by atoms with van der Waals surface area (Å²) in [4.78, 5) is 10.4. The van der Waals surface area contributed by atoms with E-state index in [9.17, 15) is 13.6 Å². The minimum Gasteiger partial charge on any atom is -0.384 e. The van der Waals surface area contributed by atoms with Gasteiger partial charge >= 0.3 is 6.43 Å². The number of carbonyl (C=O) groups is 1. The number of alkyl halides is 2. The normalized spacial score (nSPS) is 10.4. The van der Waals surface area contributed by atoms with Gasteiger partial charge in [-0.15, -0.1) is 0 Å². The second kappa shape index (κ2) is 3.83. The van der Waals surface area contributed by atoms with Crippen molar-refractivity contribution in [2.45, 2.75) is 13.0 Å². The Labute approximate surface area is 72.3 Å². The van der Waals surface area contributed by atoms with Gasteiger partial charge in [-0.2, -0.15) is 13.9 Å². The van der Waals surface area contributed by atoms with E-state index in [1.807, 2.05) is 5.32 Å². The van der Waals surface area contributed by atoms with Crippen molar-refractivity contribution in [1.82, 2.24) is 15.5 Å². The summed E-state index contributed by atoms with van der Waals surface area (Å²) in [5, 5.41) is 7.96. The Hall–Kier alpha value is -1.66. The van der Waals surface area contributed by atoms with E-state index >= 15 is 0 Å². The highest BCUT2D eigenvalue weighted by Crippen LogP contribution is 2.05. The van der Waals surface area contributed by atoms with Crippen LogP contribution in [0.1, 0.15) is 5.56 Å². The number of halogens is 2. The molecular weight excluding hydrogens is 182 g/mol. The zero-order valence-electron chi connectivity index (χ0n) is 6.55. The maximum absolute atomic E-state index is 11.7. The van der Waals surface area contributed by atoms with E-state index in [0.717, 1.165) is 0 Å². The van der Waals surface area contributed by atoms with E-state index in [0.29, 0.717) is 5.56 Å². The molecule has 0 radical (unpaired) electrons. The number of nitrogens with two attached hydrogens (primary N) is 1. The van der Waals surface area contributed by atoms with Gasteiger partial charge in [0.05, 0.1) is 6.20 Å². The molecule has 0 spiro atoms. The average Bonchev–Trinajstić information content (AvgIpc) is 2.47. The molecule has 13 heavy (non-hydrogen) atoms. The van der Waals surface area contributed by atoms with Gasteiger partial charge in [0.2, 0.25) is 0 Å². The van der Waals surface area contributed by atoms with Crippen molar-refractivity contribution in [3.8, 4) is 0 Å². The van der Waals surface area contributed by atoms with Gasteiger partial charge in [0.25, 0.3) is 5.91 Å². The summed E-state index contributed by atoms with van der Waals surface area (Å²) in [6.07, 6.45) is -1.64. The van der Waals surface area contributed by atoms with Gasteiger partial charge in [0, 0.05) is 12.1 Å². The number of amides is 1. The Kier molecular flexibility index (Phi) is 2.78. The molecule has 4 N–H and O–H groups in total. The molecule has 0 atom stereocenters. The molecule has 0 unspecified atom stereocenters. The van der Waals surface area contributed by atoms with Crippen molar-refractivity contribution in [3.63, 3.8) is 0 Å². The molecule has 1 amide bonds. The van der Waals surface area contributed by atoms with Crippen LogP contribution in [0.3, 0.4) is 0 Å². The van der Waals surface area contributed by atoms with Gasteiger partial charge in [-0.3, -0.25) is 9.89 Å². The summed E-state index contributed by atoms with van der Waals surface area (Å²) in [6.45, 7) is -0.0501. The van der Waals surface area contributed by atoms with Crippen molar-refractivity contribution >= 4 is 11.7 Å². The second-order valence-corrected chi connectivity index (χ2v) is 2.33. The predicted octanol–water partition coefficient (Wildman–Crippen LogP) is -0.127. The number of carbonyl (C=O) groups excluding carboxylic acids is 1. The average molecular weight is 190 g/mol. The van der Waals surface area contributed by atoms with Crippen LogP contribution < -0.4 is 11.1 Å². The zero-order chi connectivity index (χ0) is 9.84. The molecule has 0 aliphatic heterocycles. The third-order valence-electron chi connectivity index (χ3n) is 1.40. The molecule has 0 aromatic carbocycles. The fourth-order valence-corrected chi connectivity index (χ4v) is 0.721. The topological polar surface area (TPSA) is 83.8 Å². The van der Waals surface area contributed by atoms with E-state index in [2.05, 4.69) is 10.2 Å². The van der Waals surface area contributed by atoms with E-state index in [1.165, 1.54) is 6.20 Å². The molecule has 0 saturated carbocycles. The number of rotatable bonds is 3. The lowest BCUT2D eigenvalue weighted by Gasteiger charge is -2.02. The maximum atomic E-state index is 11.7.